The number of ether oxygens (including phenoxy) is 2. The van der Waals surface area contributed by atoms with Crippen molar-refractivity contribution < 1.29 is 24.1 Å². The number of carbonyl (C=O) groups is 1. The summed E-state index contributed by atoms with van der Waals surface area (Å²) in [5, 5.41) is 25.8. The SMILES string of the molecule is CC(C)(C)OC(=O)N/N=C/c1cccc(Oc2ccc([N+](=O)[O-])cc2[N+](=O)[O-])c1. The van der Waals surface area contributed by atoms with E-state index in [4.69, 9.17) is 9.47 Å². The van der Waals surface area contributed by atoms with Crippen LogP contribution < -0.4 is 10.2 Å². The number of benzene rings is 2. The predicted molar refractivity (Wildman–Crippen MR) is 103 cm³/mol. The smallest absolute Gasteiger partial charge is 0.428 e. The van der Waals surface area contributed by atoms with E-state index in [9.17, 15) is 25.0 Å². The third kappa shape index (κ3) is 6.57. The molecule has 0 saturated heterocycles. The number of rotatable bonds is 6. The maximum atomic E-state index is 11.6. The molecule has 0 aliphatic rings. The minimum atomic E-state index is -0.765. The first-order valence-electron chi connectivity index (χ1n) is 8.28. The zero-order valence-electron chi connectivity index (χ0n) is 15.8. The van der Waals surface area contributed by atoms with Gasteiger partial charge in [0.15, 0.2) is 0 Å². The van der Waals surface area contributed by atoms with Gasteiger partial charge in [0.1, 0.15) is 11.4 Å². The van der Waals surface area contributed by atoms with Crippen molar-refractivity contribution in [1.29, 1.82) is 0 Å². The van der Waals surface area contributed by atoms with E-state index >= 15 is 0 Å². The number of nitrogens with zero attached hydrogens (tertiary/aromatic N) is 3. The molecule has 152 valence electrons. The Labute approximate surface area is 165 Å². The van der Waals surface area contributed by atoms with Gasteiger partial charge in [-0.2, -0.15) is 5.10 Å². The van der Waals surface area contributed by atoms with Crippen LogP contribution in [0.25, 0.3) is 0 Å². The zero-order chi connectivity index (χ0) is 21.6. The summed E-state index contributed by atoms with van der Waals surface area (Å²) >= 11 is 0. The quantitative estimate of drug-likeness (QED) is 0.433. The minimum Gasteiger partial charge on any atom is -0.450 e. The number of hydrazone groups is 1. The van der Waals surface area contributed by atoms with Gasteiger partial charge in [-0.15, -0.1) is 0 Å². The molecule has 0 aliphatic carbocycles. The molecule has 11 nitrogen and oxygen atoms in total. The first kappa shape index (κ1) is 21.3. The maximum absolute atomic E-state index is 11.6. The second-order valence-corrected chi connectivity index (χ2v) is 6.71. The van der Waals surface area contributed by atoms with E-state index in [-0.39, 0.29) is 11.5 Å². The molecule has 0 radical (unpaired) electrons. The number of carbonyl (C=O) groups excluding carboxylic acids is 1. The number of nitrogens with one attached hydrogen (secondary N) is 1. The molecule has 0 atom stereocenters. The molecular formula is C18H18N4O7. The number of non-ortho nitro benzene ring substituents is 1. The van der Waals surface area contributed by atoms with E-state index in [1.54, 1.807) is 39.0 Å². The van der Waals surface area contributed by atoms with Crippen LogP contribution in [0.4, 0.5) is 16.2 Å². The Bertz CT molecular complexity index is 967. The fourth-order valence-electron chi connectivity index (χ4n) is 2.09. The van der Waals surface area contributed by atoms with Crippen molar-refractivity contribution >= 4 is 23.7 Å². The lowest BCUT2D eigenvalue weighted by molar-refractivity contribution is -0.394. The molecule has 0 aromatic heterocycles. The van der Waals surface area contributed by atoms with Gasteiger partial charge in [-0.3, -0.25) is 20.2 Å². The molecule has 0 aliphatic heterocycles. The van der Waals surface area contributed by atoms with Crippen molar-refractivity contribution in [1.82, 2.24) is 5.43 Å². The number of amides is 1. The van der Waals surface area contributed by atoms with Crippen molar-refractivity contribution in [3.8, 4) is 11.5 Å². The van der Waals surface area contributed by atoms with E-state index in [0.717, 1.165) is 18.2 Å². The van der Waals surface area contributed by atoms with Gasteiger partial charge in [-0.1, -0.05) is 12.1 Å². The summed E-state index contributed by atoms with van der Waals surface area (Å²) in [4.78, 5) is 32.0. The highest BCUT2D eigenvalue weighted by Gasteiger charge is 2.21. The molecule has 2 aromatic rings. The van der Waals surface area contributed by atoms with Gasteiger partial charge >= 0.3 is 11.8 Å². The molecule has 29 heavy (non-hydrogen) atoms. The molecule has 0 bridgehead atoms. The summed E-state index contributed by atoms with van der Waals surface area (Å²) in [5.74, 6) is 0.0877. The largest absolute Gasteiger partial charge is 0.450 e. The molecule has 0 heterocycles. The summed E-state index contributed by atoms with van der Waals surface area (Å²) in [6.45, 7) is 5.15. The van der Waals surface area contributed by atoms with Gasteiger partial charge < -0.3 is 9.47 Å². The van der Waals surface area contributed by atoms with Crippen molar-refractivity contribution in [3.63, 3.8) is 0 Å². The maximum Gasteiger partial charge on any atom is 0.428 e. The number of nitro benzene ring substituents is 2. The van der Waals surface area contributed by atoms with Crippen molar-refractivity contribution in [2.24, 2.45) is 5.10 Å². The molecule has 0 spiro atoms. The Morgan fingerprint density at radius 2 is 1.83 bits per heavy atom. The van der Waals surface area contributed by atoms with Crippen LogP contribution in [0.2, 0.25) is 0 Å². The Hall–Kier alpha value is -4.02. The van der Waals surface area contributed by atoms with Gasteiger partial charge in [0, 0.05) is 6.07 Å². The summed E-state index contributed by atoms with van der Waals surface area (Å²) in [7, 11) is 0. The molecule has 2 rings (SSSR count). The average Bonchev–Trinajstić information content (AvgIpc) is 2.60. The first-order valence-corrected chi connectivity index (χ1v) is 8.28. The highest BCUT2D eigenvalue weighted by Crippen LogP contribution is 2.34. The standard InChI is InChI=1S/C18H18N4O7/c1-18(2,3)29-17(23)20-19-11-12-5-4-6-14(9-12)28-16-8-7-13(21(24)25)10-15(16)22(26)27/h4-11H,1-3H3,(H,20,23)/b19-11+. The van der Waals surface area contributed by atoms with Crippen molar-refractivity contribution in [2.75, 3.05) is 0 Å². The highest BCUT2D eigenvalue weighted by molar-refractivity contribution is 5.81. The third-order valence-corrected chi connectivity index (χ3v) is 3.20. The summed E-state index contributed by atoms with van der Waals surface area (Å²) < 4.78 is 10.5. The zero-order valence-corrected chi connectivity index (χ0v) is 15.8. The third-order valence-electron chi connectivity index (χ3n) is 3.20. The lowest BCUT2D eigenvalue weighted by atomic mass is 10.2. The van der Waals surface area contributed by atoms with E-state index in [1.807, 2.05) is 0 Å². The monoisotopic (exact) mass is 402 g/mol. The van der Waals surface area contributed by atoms with Crippen LogP contribution in [0, 0.1) is 20.2 Å². The van der Waals surface area contributed by atoms with Gasteiger partial charge in [0.05, 0.1) is 22.1 Å². The van der Waals surface area contributed by atoms with Crippen LogP contribution in [0.15, 0.2) is 47.6 Å². The summed E-state index contributed by atoms with van der Waals surface area (Å²) in [6.07, 6.45) is 0.615. The van der Waals surface area contributed by atoms with E-state index in [1.165, 1.54) is 12.3 Å². The fourth-order valence-corrected chi connectivity index (χ4v) is 2.09. The van der Waals surface area contributed by atoms with Gasteiger partial charge in [0.2, 0.25) is 5.75 Å². The molecule has 0 saturated carbocycles. The summed E-state index contributed by atoms with van der Waals surface area (Å²) in [5.41, 5.74) is 1.13. The molecule has 11 heteroatoms. The van der Waals surface area contributed by atoms with Gasteiger partial charge in [-0.05, 0) is 44.5 Å². The van der Waals surface area contributed by atoms with Crippen LogP contribution in [0.3, 0.4) is 0 Å². The fraction of sp³-hybridized carbons (Fsp3) is 0.222. The Kier molecular flexibility index (Phi) is 6.44. The molecule has 1 N–H and O–H groups in total. The number of hydrogen-bond acceptors (Lipinski definition) is 8. The predicted octanol–water partition coefficient (Wildman–Crippen LogP) is 4.15. The van der Waals surface area contributed by atoms with E-state index < -0.39 is 32.9 Å². The number of hydrogen-bond donors (Lipinski definition) is 1. The molecular weight excluding hydrogens is 384 g/mol. The topological polar surface area (TPSA) is 146 Å². The van der Waals surface area contributed by atoms with Crippen LogP contribution in [0.5, 0.6) is 11.5 Å². The lowest BCUT2D eigenvalue weighted by Gasteiger charge is -2.18. The Balaban J connectivity index is 2.14. The lowest BCUT2D eigenvalue weighted by Crippen LogP contribution is -2.29. The second kappa shape index (κ2) is 8.78. The van der Waals surface area contributed by atoms with E-state index in [0.29, 0.717) is 5.56 Å². The van der Waals surface area contributed by atoms with Crippen LogP contribution in [0.1, 0.15) is 26.3 Å². The van der Waals surface area contributed by atoms with Gasteiger partial charge in [-0.25, -0.2) is 10.2 Å². The highest BCUT2D eigenvalue weighted by atomic mass is 16.6. The molecule has 0 fully saturated rings. The number of nitro groups is 2. The van der Waals surface area contributed by atoms with E-state index in [2.05, 4.69) is 10.5 Å². The van der Waals surface area contributed by atoms with Crippen LogP contribution in [-0.4, -0.2) is 27.8 Å². The molecule has 2 aromatic carbocycles. The normalized spacial score (nSPS) is 11.1. The Morgan fingerprint density at radius 3 is 2.45 bits per heavy atom. The molecule has 0 unspecified atom stereocenters. The second-order valence-electron chi connectivity index (χ2n) is 6.71. The average molecular weight is 402 g/mol. The minimum absolute atomic E-state index is 0.151. The van der Waals surface area contributed by atoms with Crippen LogP contribution in [-0.2, 0) is 4.74 Å². The Morgan fingerprint density at radius 1 is 1.10 bits per heavy atom. The summed E-state index contributed by atoms with van der Waals surface area (Å²) in [6, 6.07) is 9.43. The van der Waals surface area contributed by atoms with Crippen molar-refractivity contribution in [3.05, 3.63) is 68.3 Å². The van der Waals surface area contributed by atoms with Crippen molar-refractivity contribution in [2.45, 2.75) is 26.4 Å². The molecule has 1 amide bonds. The van der Waals surface area contributed by atoms with Crippen LogP contribution >= 0.6 is 0 Å². The first-order chi connectivity index (χ1) is 13.5. The van der Waals surface area contributed by atoms with Gasteiger partial charge in [0.25, 0.3) is 5.69 Å².